The Labute approximate surface area is 120 Å². The van der Waals surface area contributed by atoms with Crippen molar-refractivity contribution >= 4 is 0 Å². The summed E-state index contributed by atoms with van der Waals surface area (Å²) in [7, 11) is 0. The van der Waals surface area contributed by atoms with Crippen LogP contribution in [0.2, 0.25) is 0 Å². The van der Waals surface area contributed by atoms with Crippen molar-refractivity contribution in [2.45, 2.75) is 32.5 Å². The molecule has 20 heavy (non-hydrogen) atoms. The maximum Gasteiger partial charge on any atom is 0.129 e. The van der Waals surface area contributed by atoms with Crippen molar-refractivity contribution in [3.8, 4) is 0 Å². The highest BCUT2D eigenvalue weighted by molar-refractivity contribution is 5.20. The molecule has 2 rings (SSSR count). The molecule has 1 saturated heterocycles. The Morgan fingerprint density at radius 2 is 2.20 bits per heavy atom. The predicted octanol–water partition coefficient (Wildman–Crippen LogP) is 2.61. The first-order chi connectivity index (χ1) is 9.58. The Balaban J connectivity index is 1.96. The molecule has 3 unspecified atom stereocenters. The van der Waals surface area contributed by atoms with E-state index >= 15 is 0 Å². The van der Waals surface area contributed by atoms with Gasteiger partial charge in [-0.2, -0.15) is 0 Å². The van der Waals surface area contributed by atoms with Crippen LogP contribution in [0.15, 0.2) is 24.3 Å². The number of halogens is 1. The molecule has 1 aliphatic rings. The average Bonchev–Trinajstić information content (AvgIpc) is 2.62. The molecule has 0 bridgehead atoms. The van der Waals surface area contributed by atoms with Gasteiger partial charge in [-0.25, -0.2) is 4.39 Å². The Kier molecular flexibility index (Phi) is 5.52. The summed E-state index contributed by atoms with van der Waals surface area (Å²) in [6, 6.07) is 6.46. The smallest absolute Gasteiger partial charge is 0.129 e. The third kappa shape index (κ3) is 4.01. The highest BCUT2D eigenvalue weighted by Gasteiger charge is 2.23. The van der Waals surface area contributed by atoms with Gasteiger partial charge in [0.15, 0.2) is 0 Å². The van der Waals surface area contributed by atoms with Crippen LogP contribution in [0.3, 0.4) is 0 Å². The van der Waals surface area contributed by atoms with E-state index < -0.39 is 6.10 Å². The summed E-state index contributed by atoms with van der Waals surface area (Å²) in [4.78, 5) is 2.30. The van der Waals surface area contributed by atoms with E-state index in [9.17, 15) is 9.50 Å². The second-order valence-electron chi connectivity index (χ2n) is 5.74. The van der Waals surface area contributed by atoms with Crippen molar-refractivity contribution in [2.24, 2.45) is 5.92 Å². The van der Waals surface area contributed by atoms with Crippen molar-refractivity contribution in [2.75, 3.05) is 26.2 Å². The zero-order valence-corrected chi connectivity index (χ0v) is 12.3. The molecule has 0 radical (unpaired) electrons. The number of hydrogen-bond acceptors (Lipinski definition) is 3. The van der Waals surface area contributed by atoms with Crippen LogP contribution in [0, 0.1) is 11.7 Å². The van der Waals surface area contributed by atoms with Crippen molar-refractivity contribution < 1.29 is 14.2 Å². The minimum absolute atomic E-state index is 0.0165. The SMILES string of the molecule is CC1CN(CC(C)C(O)c2ccccc2F)CCCO1. The van der Waals surface area contributed by atoms with Gasteiger partial charge in [0, 0.05) is 31.8 Å². The topological polar surface area (TPSA) is 32.7 Å². The molecule has 0 amide bonds. The molecular weight excluding hydrogens is 257 g/mol. The monoisotopic (exact) mass is 281 g/mol. The quantitative estimate of drug-likeness (QED) is 0.921. The normalized spacial score (nSPS) is 24.1. The maximum atomic E-state index is 13.7. The van der Waals surface area contributed by atoms with E-state index in [1.54, 1.807) is 18.2 Å². The minimum atomic E-state index is -0.768. The number of hydrogen-bond donors (Lipinski definition) is 1. The van der Waals surface area contributed by atoms with E-state index in [4.69, 9.17) is 4.74 Å². The van der Waals surface area contributed by atoms with Crippen LogP contribution >= 0.6 is 0 Å². The Morgan fingerprint density at radius 3 is 2.95 bits per heavy atom. The number of aliphatic hydroxyl groups excluding tert-OH is 1. The van der Waals surface area contributed by atoms with E-state index in [1.807, 2.05) is 6.92 Å². The standard InChI is InChI=1S/C16H24FNO2/c1-12(10-18-8-5-9-20-13(2)11-18)16(19)14-6-3-4-7-15(14)17/h3-4,6-7,12-13,16,19H,5,8-11H2,1-2H3. The molecule has 1 heterocycles. The van der Waals surface area contributed by atoms with Gasteiger partial charge >= 0.3 is 0 Å². The zero-order valence-electron chi connectivity index (χ0n) is 12.3. The molecule has 3 atom stereocenters. The van der Waals surface area contributed by atoms with Gasteiger partial charge in [0.05, 0.1) is 12.2 Å². The van der Waals surface area contributed by atoms with Crippen LogP contribution in [-0.4, -0.2) is 42.4 Å². The Morgan fingerprint density at radius 1 is 1.45 bits per heavy atom. The molecule has 1 N–H and O–H groups in total. The second-order valence-corrected chi connectivity index (χ2v) is 5.74. The van der Waals surface area contributed by atoms with Crippen molar-refractivity contribution in [1.82, 2.24) is 4.90 Å². The molecule has 0 saturated carbocycles. The summed E-state index contributed by atoms with van der Waals surface area (Å²) < 4.78 is 19.3. The lowest BCUT2D eigenvalue weighted by atomic mass is 9.96. The molecule has 0 spiro atoms. The number of benzene rings is 1. The lowest BCUT2D eigenvalue weighted by molar-refractivity contribution is 0.0533. The number of nitrogens with zero attached hydrogens (tertiary/aromatic N) is 1. The molecule has 1 aromatic rings. The molecule has 112 valence electrons. The van der Waals surface area contributed by atoms with Gasteiger partial charge in [0.1, 0.15) is 5.82 Å². The van der Waals surface area contributed by atoms with Gasteiger partial charge in [-0.3, -0.25) is 0 Å². The first kappa shape index (κ1) is 15.4. The van der Waals surface area contributed by atoms with Crippen molar-refractivity contribution in [3.05, 3.63) is 35.6 Å². The van der Waals surface area contributed by atoms with E-state index in [1.165, 1.54) is 6.07 Å². The zero-order chi connectivity index (χ0) is 14.5. The minimum Gasteiger partial charge on any atom is -0.388 e. The van der Waals surface area contributed by atoms with Gasteiger partial charge in [0.2, 0.25) is 0 Å². The summed E-state index contributed by atoms with van der Waals surface area (Å²) in [5.41, 5.74) is 0.388. The van der Waals surface area contributed by atoms with Crippen molar-refractivity contribution in [3.63, 3.8) is 0 Å². The van der Waals surface area contributed by atoms with Gasteiger partial charge < -0.3 is 14.7 Å². The van der Waals surface area contributed by atoms with Gasteiger partial charge in [-0.1, -0.05) is 25.1 Å². The van der Waals surface area contributed by atoms with Crippen molar-refractivity contribution in [1.29, 1.82) is 0 Å². The average molecular weight is 281 g/mol. The van der Waals surface area contributed by atoms with Crippen LogP contribution < -0.4 is 0 Å². The van der Waals surface area contributed by atoms with Crippen LogP contribution in [0.5, 0.6) is 0 Å². The van der Waals surface area contributed by atoms with E-state index in [2.05, 4.69) is 11.8 Å². The van der Waals surface area contributed by atoms with Crippen LogP contribution in [0.4, 0.5) is 4.39 Å². The van der Waals surface area contributed by atoms with Gasteiger partial charge in [0.25, 0.3) is 0 Å². The summed E-state index contributed by atoms with van der Waals surface area (Å²) >= 11 is 0. The number of ether oxygens (including phenoxy) is 1. The fourth-order valence-corrected chi connectivity index (χ4v) is 2.77. The van der Waals surface area contributed by atoms with Crippen LogP contribution in [0.25, 0.3) is 0 Å². The highest BCUT2D eigenvalue weighted by atomic mass is 19.1. The van der Waals surface area contributed by atoms with E-state index in [-0.39, 0.29) is 17.8 Å². The van der Waals surface area contributed by atoms with E-state index in [0.717, 1.165) is 32.7 Å². The Hall–Kier alpha value is -0.970. The fourth-order valence-electron chi connectivity index (χ4n) is 2.77. The molecule has 4 heteroatoms. The maximum absolute atomic E-state index is 13.7. The molecule has 0 aromatic heterocycles. The lowest BCUT2D eigenvalue weighted by Gasteiger charge is -2.28. The molecule has 1 aliphatic heterocycles. The van der Waals surface area contributed by atoms with E-state index in [0.29, 0.717) is 5.56 Å². The molecular formula is C16H24FNO2. The lowest BCUT2D eigenvalue weighted by Crippen LogP contribution is -2.35. The first-order valence-corrected chi connectivity index (χ1v) is 7.34. The van der Waals surface area contributed by atoms with Crippen LogP contribution in [0.1, 0.15) is 31.9 Å². The number of rotatable bonds is 4. The van der Waals surface area contributed by atoms with Gasteiger partial charge in [-0.05, 0) is 25.3 Å². The summed E-state index contributed by atoms with van der Waals surface area (Å²) in [5, 5.41) is 10.3. The predicted molar refractivity (Wildman–Crippen MR) is 77.0 cm³/mol. The molecule has 0 aliphatic carbocycles. The third-order valence-corrected chi connectivity index (χ3v) is 3.85. The summed E-state index contributed by atoms with van der Waals surface area (Å²) in [6.07, 6.45) is 0.457. The van der Waals surface area contributed by atoms with Crippen LogP contribution in [-0.2, 0) is 4.74 Å². The fraction of sp³-hybridized carbons (Fsp3) is 0.625. The summed E-state index contributed by atoms with van der Waals surface area (Å²) in [5.74, 6) is -0.350. The highest BCUT2D eigenvalue weighted by Crippen LogP contribution is 2.25. The number of aliphatic hydroxyl groups is 1. The first-order valence-electron chi connectivity index (χ1n) is 7.34. The molecule has 3 nitrogen and oxygen atoms in total. The Bertz CT molecular complexity index is 427. The second kappa shape index (κ2) is 7.16. The third-order valence-electron chi connectivity index (χ3n) is 3.85. The van der Waals surface area contributed by atoms with Gasteiger partial charge in [-0.15, -0.1) is 0 Å². The molecule has 1 fully saturated rings. The summed E-state index contributed by atoms with van der Waals surface area (Å²) in [6.45, 7) is 7.42. The largest absolute Gasteiger partial charge is 0.388 e. The molecule has 1 aromatic carbocycles.